The summed E-state index contributed by atoms with van der Waals surface area (Å²) in [5, 5.41) is 22.3. The van der Waals surface area contributed by atoms with Gasteiger partial charge >= 0.3 is 5.97 Å². The summed E-state index contributed by atoms with van der Waals surface area (Å²) in [5.74, 6) is -0.391. The highest BCUT2D eigenvalue weighted by molar-refractivity contribution is 6.30. The fourth-order valence-electron chi connectivity index (χ4n) is 4.22. The molecule has 2 aromatic rings. The van der Waals surface area contributed by atoms with Gasteiger partial charge in [-0.05, 0) is 56.6 Å². The number of fused-ring (bicyclic) bond motifs is 1. The lowest BCUT2D eigenvalue weighted by atomic mass is 9.97. The minimum atomic E-state index is -1.08. The molecule has 9 nitrogen and oxygen atoms in total. The molecule has 4 N–H and O–H groups in total. The van der Waals surface area contributed by atoms with E-state index in [1.807, 2.05) is 0 Å². The molecule has 0 bridgehead atoms. The molecule has 1 aliphatic carbocycles. The summed E-state index contributed by atoms with van der Waals surface area (Å²) >= 11 is 6.08. The van der Waals surface area contributed by atoms with Crippen LogP contribution in [0.4, 0.5) is 5.82 Å². The summed E-state index contributed by atoms with van der Waals surface area (Å²) in [6.45, 7) is 1.78. The molecule has 0 unspecified atom stereocenters. The number of aryl methyl sites for hydroxylation is 2. The van der Waals surface area contributed by atoms with Crippen molar-refractivity contribution >= 4 is 29.3 Å². The molecule has 1 fully saturated rings. The van der Waals surface area contributed by atoms with E-state index in [2.05, 4.69) is 33.0 Å². The van der Waals surface area contributed by atoms with Gasteiger partial charge < -0.3 is 20.5 Å². The van der Waals surface area contributed by atoms with Crippen molar-refractivity contribution in [3.05, 3.63) is 40.3 Å². The number of carboxylic acid groups (broad SMARTS) is 1. The van der Waals surface area contributed by atoms with Crippen LogP contribution >= 0.6 is 11.6 Å². The fraction of sp³-hybridized carbons (Fsp3) is 0.565. The average molecular weight is 476 g/mol. The molecule has 178 valence electrons. The zero-order valence-electron chi connectivity index (χ0n) is 18.5. The van der Waals surface area contributed by atoms with Gasteiger partial charge in [-0.15, -0.1) is 0 Å². The Kier molecular flexibility index (Phi) is 7.49. The number of aromatic amines is 1. The van der Waals surface area contributed by atoms with Crippen molar-refractivity contribution in [2.45, 2.75) is 62.8 Å². The highest BCUT2D eigenvalue weighted by atomic mass is 35.5. The molecular formula is C23H30ClN5O4. The van der Waals surface area contributed by atoms with Gasteiger partial charge in [0.15, 0.2) is 0 Å². The van der Waals surface area contributed by atoms with E-state index in [9.17, 15) is 14.7 Å². The fourth-order valence-corrected chi connectivity index (χ4v) is 4.50. The van der Waals surface area contributed by atoms with Crippen LogP contribution in [0.1, 0.15) is 55.3 Å². The van der Waals surface area contributed by atoms with Crippen molar-refractivity contribution in [3.8, 4) is 0 Å². The number of aliphatic carboxylic acids is 1. The molecule has 0 saturated heterocycles. The van der Waals surface area contributed by atoms with E-state index in [-0.39, 0.29) is 18.9 Å². The van der Waals surface area contributed by atoms with Gasteiger partial charge in [-0.2, -0.15) is 5.10 Å². The molecule has 0 radical (unpaired) electrons. The quantitative estimate of drug-likeness (QED) is 0.347. The molecule has 0 aromatic carbocycles. The highest BCUT2D eigenvalue weighted by Gasteiger charge is 2.53. The number of H-pyrrole nitrogens is 1. The van der Waals surface area contributed by atoms with E-state index in [0.717, 1.165) is 50.2 Å². The Morgan fingerprint density at radius 3 is 2.85 bits per heavy atom. The van der Waals surface area contributed by atoms with E-state index in [1.54, 1.807) is 0 Å². The lowest BCUT2D eigenvalue weighted by Gasteiger charge is -2.19. The largest absolute Gasteiger partial charge is 0.480 e. The van der Waals surface area contributed by atoms with Crippen LogP contribution in [-0.4, -0.2) is 58.0 Å². The third-order valence-electron chi connectivity index (χ3n) is 6.37. The SMILES string of the molecule is O=C(O)[C@H](CCOCCCCc1ccc2c(n1)NCCC2)NC(=O)C1(c2cn[nH]c2Cl)CC1. The van der Waals surface area contributed by atoms with E-state index >= 15 is 0 Å². The Labute approximate surface area is 197 Å². The van der Waals surface area contributed by atoms with Crippen LogP contribution in [0.3, 0.4) is 0 Å². The van der Waals surface area contributed by atoms with Crippen molar-refractivity contribution in [3.63, 3.8) is 0 Å². The number of ether oxygens (including phenoxy) is 1. The van der Waals surface area contributed by atoms with Gasteiger partial charge in [0, 0.05) is 37.4 Å². The number of hydrogen-bond acceptors (Lipinski definition) is 6. The third-order valence-corrected chi connectivity index (χ3v) is 6.66. The number of anilines is 1. The smallest absolute Gasteiger partial charge is 0.326 e. The standard InChI is InChI=1S/C23H30ClN5O4/c24-19-17(14-26-29-19)23(9-10-23)22(32)28-18(21(30)31)8-13-33-12-2-1-5-16-7-6-15-4-3-11-25-20(15)27-16/h6-7,14,18H,1-5,8-13H2,(H,25,27)(H,26,29)(H,28,32)(H,30,31)/t18-/m0/s1. The first-order valence-corrected chi connectivity index (χ1v) is 11.9. The molecular weight excluding hydrogens is 446 g/mol. The second kappa shape index (κ2) is 10.5. The summed E-state index contributed by atoms with van der Waals surface area (Å²) in [4.78, 5) is 29.1. The number of carbonyl (C=O) groups is 2. The predicted molar refractivity (Wildman–Crippen MR) is 123 cm³/mol. The van der Waals surface area contributed by atoms with Crippen LogP contribution in [0.25, 0.3) is 0 Å². The van der Waals surface area contributed by atoms with Crippen molar-refractivity contribution in [1.82, 2.24) is 20.5 Å². The van der Waals surface area contributed by atoms with Crippen molar-refractivity contribution in [2.24, 2.45) is 0 Å². The zero-order chi connectivity index (χ0) is 23.3. The van der Waals surface area contributed by atoms with Crippen LogP contribution in [0, 0.1) is 0 Å². The Morgan fingerprint density at radius 1 is 1.27 bits per heavy atom. The highest BCUT2D eigenvalue weighted by Crippen LogP contribution is 2.50. The number of nitrogens with one attached hydrogen (secondary N) is 3. The molecule has 10 heteroatoms. The molecule has 3 heterocycles. The van der Waals surface area contributed by atoms with Crippen molar-refractivity contribution in [2.75, 3.05) is 25.1 Å². The van der Waals surface area contributed by atoms with Crippen LogP contribution in [0.15, 0.2) is 18.3 Å². The molecule has 1 amide bonds. The number of rotatable bonds is 12. The molecule has 1 atom stereocenters. The minimum absolute atomic E-state index is 0.203. The Balaban J connectivity index is 1.15. The van der Waals surface area contributed by atoms with Crippen LogP contribution < -0.4 is 10.6 Å². The second-order valence-electron chi connectivity index (χ2n) is 8.74. The second-order valence-corrected chi connectivity index (χ2v) is 9.12. The topological polar surface area (TPSA) is 129 Å². The number of pyridine rings is 1. The molecule has 1 saturated carbocycles. The van der Waals surface area contributed by atoms with Crippen LogP contribution in [0.5, 0.6) is 0 Å². The molecule has 0 spiro atoms. The van der Waals surface area contributed by atoms with Gasteiger partial charge in [-0.1, -0.05) is 17.7 Å². The van der Waals surface area contributed by atoms with Gasteiger partial charge in [-0.3, -0.25) is 9.89 Å². The maximum absolute atomic E-state index is 12.8. The first-order chi connectivity index (χ1) is 16.0. The van der Waals surface area contributed by atoms with Crippen molar-refractivity contribution < 1.29 is 19.4 Å². The zero-order valence-corrected chi connectivity index (χ0v) is 19.3. The maximum atomic E-state index is 12.8. The summed E-state index contributed by atoms with van der Waals surface area (Å²) < 4.78 is 5.63. The summed E-state index contributed by atoms with van der Waals surface area (Å²) in [6.07, 6.45) is 7.89. The van der Waals surface area contributed by atoms with Crippen molar-refractivity contribution in [1.29, 1.82) is 0 Å². The number of amides is 1. The van der Waals surface area contributed by atoms with Gasteiger partial charge in [-0.25, -0.2) is 9.78 Å². The monoisotopic (exact) mass is 475 g/mol. The van der Waals surface area contributed by atoms with E-state index in [4.69, 9.17) is 21.3 Å². The normalized spacial score (nSPS) is 17.0. The van der Waals surface area contributed by atoms with Gasteiger partial charge in [0.2, 0.25) is 5.91 Å². The Morgan fingerprint density at radius 2 is 2.12 bits per heavy atom. The molecule has 33 heavy (non-hydrogen) atoms. The lowest BCUT2D eigenvalue weighted by Crippen LogP contribution is -2.46. The molecule has 2 aliphatic rings. The van der Waals surface area contributed by atoms with E-state index < -0.39 is 17.4 Å². The molecule has 1 aliphatic heterocycles. The lowest BCUT2D eigenvalue weighted by molar-refractivity contribution is -0.142. The predicted octanol–water partition coefficient (Wildman–Crippen LogP) is 2.85. The molecule has 2 aromatic heterocycles. The number of halogens is 1. The average Bonchev–Trinajstić information content (AvgIpc) is 3.51. The number of carboxylic acids is 1. The number of unbranched alkanes of at least 4 members (excludes halogenated alkanes) is 1. The van der Waals surface area contributed by atoms with Gasteiger partial charge in [0.1, 0.15) is 17.0 Å². The Bertz CT molecular complexity index is 991. The Hall–Kier alpha value is -2.65. The first-order valence-electron chi connectivity index (χ1n) is 11.5. The maximum Gasteiger partial charge on any atom is 0.326 e. The van der Waals surface area contributed by atoms with Gasteiger partial charge in [0.25, 0.3) is 0 Å². The molecule has 4 rings (SSSR count). The van der Waals surface area contributed by atoms with Gasteiger partial charge in [0.05, 0.1) is 11.6 Å². The summed E-state index contributed by atoms with van der Waals surface area (Å²) in [6, 6.07) is 3.25. The van der Waals surface area contributed by atoms with E-state index in [0.29, 0.717) is 30.2 Å². The third kappa shape index (κ3) is 5.65. The number of carbonyl (C=O) groups excluding carboxylic acids is 1. The minimum Gasteiger partial charge on any atom is -0.480 e. The summed E-state index contributed by atoms with van der Waals surface area (Å²) in [7, 11) is 0. The number of nitrogens with zero attached hydrogens (tertiary/aromatic N) is 2. The number of hydrogen-bond donors (Lipinski definition) is 4. The number of aromatic nitrogens is 3. The van der Waals surface area contributed by atoms with Crippen LogP contribution in [0.2, 0.25) is 5.15 Å². The van der Waals surface area contributed by atoms with Crippen LogP contribution in [-0.2, 0) is 32.6 Å². The van der Waals surface area contributed by atoms with E-state index in [1.165, 1.54) is 11.8 Å². The summed E-state index contributed by atoms with van der Waals surface area (Å²) in [5.41, 5.74) is 2.20. The first kappa shape index (κ1) is 23.5.